The Labute approximate surface area is 80.5 Å². The zero-order valence-electron chi connectivity index (χ0n) is 8.15. The van der Waals surface area contributed by atoms with Crippen molar-refractivity contribution < 1.29 is 0 Å². The molecule has 0 aliphatic carbocycles. The quantitative estimate of drug-likeness (QED) is 0.607. The van der Waals surface area contributed by atoms with E-state index in [0.29, 0.717) is 0 Å². The molecule has 0 aromatic carbocycles. The normalized spacial score (nSPS) is 24.8. The van der Waals surface area contributed by atoms with Crippen molar-refractivity contribution in [2.45, 2.75) is 25.7 Å². The molecule has 0 unspecified atom stereocenters. The average molecular weight is 178 g/mol. The largest absolute Gasteiger partial charge is 0.309 e. The second-order valence-electron chi connectivity index (χ2n) is 3.76. The van der Waals surface area contributed by atoms with Crippen LogP contribution in [-0.2, 0) is 0 Å². The molecule has 2 heterocycles. The van der Waals surface area contributed by atoms with E-state index in [9.17, 15) is 0 Å². The maximum absolute atomic E-state index is 2.48. The molecule has 0 atom stereocenters. The van der Waals surface area contributed by atoms with Gasteiger partial charge in [-0.2, -0.15) is 0 Å². The highest BCUT2D eigenvalue weighted by molar-refractivity contribution is 5.07. The first-order valence-electron chi connectivity index (χ1n) is 5.32. The summed E-state index contributed by atoms with van der Waals surface area (Å²) in [6.45, 7) is 3.52. The molecule has 72 valence electrons. The summed E-state index contributed by atoms with van der Waals surface area (Å²) < 4.78 is 0. The highest BCUT2D eigenvalue weighted by atomic mass is 15.6. The van der Waals surface area contributed by atoms with Gasteiger partial charge in [-0.1, -0.05) is 25.0 Å². The lowest BCUT2D eigenvalue weighted by Crippen LogP contribution is -2.40. The van der Waals surface area contributed by atoms with Crippen LogP contribution in [0.1, 0.15) is 25.7 Å². The number of nitrogens with zero attached hydrogens (tertiary/aromatic N) is 2. The van der Waals surface area contributed by atoms with Crippen molar-refractivity contribution >= 4 is 0 Å². The van der Waals surface area contributed by atoms with Gasteiger partial charge in [0, 0.05) is 19.3 Å². The summed E-state index contributed by atoms with van der Waals surface area (Å²) >= 11 is 0. The maximum atomic E-state index is 2.48. The molecular formula is C11H18N2. The van der Waals surface area contributed by atoms with Crippen LogP contribution < -0.4 is 0 Å². The first-order chi connectivity index (χ1) is 6.47. The van der Waals surface area contributed by atoms with Gasteiger partial charge < -0.3 is 5.01 Å². The van der Waals surface area contributed by atoms with E-state index in [4.69, 9.17) is 0 Å². The second kappa shape index (κ2) is 4.47. The third-order valence-corrected chi connectivity index (χ3v) is 2.74. The topological polar surface area (TPSA) is 6.48 Å². The van der Waals surface area contributed by atoms with Crippen molar-refractivity contribution in [3.63, 3.8) is 0 Å². The van der Waals surface area contributed by atoms with E-state index in [0.717, 1.165) is 6.54 Å². The minimum Gasteiger partial charge on any atom is -0.309 e. The van der Waals surface area contributed by atoms with E-state index in [-0.39, 0.29) is 0 Å². The number of hydrogen-bond donors (Lipinski definition) is 0. The van der Waals surface area contributed by atoms with Gasteiger partial charge in [0.2, 0.25) is 0 Å². The van der Waals surface area contributed by atoms with Crippen molar-refractivity contribution in [1.29, 1.82) is 0 Å². The summed E-state index contributed by atoms with van der Waals surface area (Å²) in [5.41, 5.74) is 0. The summed E-state index contributed by atoms with van der Waals surface area (Å²) in [4.78, 5) is 0. The van der Waals surface area contributed by atoms with E-state index in [1.54, 1.807) is 0 Å². The molecule has 0 spiro atoms. The molecule has 1 saturated heterocycles. The molecular weight excluding hydrogens is 160 g/mol. The Hall–Kier alpha value is -0.760. The number of hydrogen-bond acceptors (Lipinski definition) is 2. The lowest BCUT2D eigenvalue weighted by Gasteiger charge is -2.33. The van der Waals surface area contributed by atoms with Crippen LogP contribution in [0.3, 0.4) is 0 Å². The molecule has 13 heavy (non-hydrogen) atoms. The van der Waals surface area contributed by atoms with E-state index in [1.165, 1.54) is 38.8 Å². The van der Waals surface area contributed by atoms with Gasteiger partial charge in [0.1, 0.15) is 0 Å². The summed E-state index contributed by atoms with van der Waals surface area (Å²) in [5.74, 6) is 0. The molecule has 0 N–H and O–H groups in total. The Morgan fingerprint density at radius 1 is 0.846 bits per heavy atom. The van der Waals surface area contributed by atoms with Crippen LogP contribution in [0.15, 0.2) is 24.4 Å². The molecule has 2 aliphatic rings. The van der Waals surface area contributed by atoms with Gasteiger partial charge in [0.25, 0.3) is 0 Å². The van der Waals surface area contributed by atoms with Crippen LogP contribution >= 0.6 is 0 Å². The zero-order chi connectivity index (χ0) is 8.93. The predicted octanol–water partition coefficient (Wildman–Crippen LogP) is 2.16. The predicted molar refractivity (Wildman–Crippen MR) is 55.0 cm³/mol. The Balaban J connectivity index is 1.90. The van der Waals surface area contributed by atoms with Gasteiger partial charge in [-0.25, -0.2) is 5.01 Å². The fraction of sp³-hybridized carbons (Fsp3) is 0.636. The lowest BCUT2D eigenvalue weighted by atomic mass is 10.2. The SMILES string of the molecule is C1=CCN(N2CCCCCC2)C=C1. The molecule has 2 heteroatoms. The van der Waals surface area contributed by atoms with Crippen LogP contribution in [0.2, 0.25) is 0 Å². The van der Waals surface area contributed by atoms with Crippen LogP contribution in [0, 0.1) is 0 Å². The molecule has 2 aliphatic heterocycles. The van der Waals surface area contributed by atoms with Crippen molar-refractivity contribution in [2.75, 3.05) is 19.6 Å². The number of rotatable bonds is 1. The maximum Gasteiger partial charge on any atom is 0.0524 e. The first-order valence-corrected chi connectivity index (χ1v) is 5.32. The van der Waals surface area contributed by atoms with Gasteiger partial charge >= 0.3 is 0 Å². The average Bonchev–Trinajstić information content (AvgIpc) is 2.47. The molecule has 0 bridgehead atoms. The van der Waals surface area contributed by atoms with E-state index in [2.05, 4.69) is 34.4 Å². The summed E-state index contributed by atoms with van der Waals surface area (Å²) in [7, 11) is 0. The molecule has 2 rings (SSSR count). The van der Waals surface area contributed by atoms with Crippen LogP contribution in [-0.4, -0.2) is 29.7 Å². The molecule has 0 aromatic rings. The summed E-state index contributed by atoms with van der Waals surface area (Å²) in [6, 6.07) is 0. The van der Waals surface area contributed by atoms with Crippen molar-refractivity contribution in [2.24, 2.45) is 0 Å². The lowest BCUT2D eigenvalue weighted by molar-refractivity contribution is 0.0352. The van der Waals surface area contributed by atoms with Gasteiger partial charge in [0.05, 0.1) is 6.54 Å². The van der Waals surface area contributed by atoms with Crippen LogP contribution in [0.25, 0.3) is 0 Å². The molecule has 0 saturated carbocycles. The van der Waals surface area contributed by atoms with Gasteiger partial charge in [-0.05, 0) is 18.9 Å². The molecule has 0 radical (unpaired) electrons. The standard InChI is InChI=1S/C11H18N2/c1-2-5-9-12(8-4-1)13-10-6-3-7-11-13/h3,6-7,10H,1-2,4-5,8-9,11H2. The van der Waals surface area contributed by atoms with Crippen LogP contribution in [0.5, 0.6) is 0 Å². The van der Waals surface area contributed by atoms with E-state index in [1.807, 2.05) is 0 Å². The first kappa shape index (κ1) is 8.82. The third-order valence-electron chi connectivity index (χ3n) is 2.74. The highest BCUT2D eigenvalue weighted by Crippen LogP contribution is 2.13. The number of allylic oxidation sites excluding steroid dienone is 2. The van der Waals surface area contributed by atoms with Crippen LogP contribution in [0.4, 0.5) is 0 Å². The number of hydrazine groups is 1. The van der Waals surface area contributed by atoms with E-state index < -0.39 is 0 Å². The summed E-state index contributed by atoms with van der Waals surface area (Å²) in [5, 5.41) is 4.82. The summed E-state index contributed by atoms with van der Waals surface area (Å²) in [6.07, 6.45) is 14.2. The molecule has 0 amide bonds. The molecule has 2 nitrogen and oxygen atoms in total. The Morgan fingerprint density at radius 3 is 2.23 bits per heavy atom. The molecule has 1 fully saturated rings. The minimum atomic E-state index is 1.05. The fourth-order valence-electron chi connectivity index (χ4n) is 1.98. The monoisotopic (exact) mass is 178 g/mol. The zero-order valence-corrected chi connectivity index (χ0v) is 8.15. The Bertz CT molecular complexity index is 200. The van der Waals surface area contributed by atoms with Crippen molar-refractivity contribution in [1.82, 2.24) is 10.0 Å². The Morgan fingerprint density at radius 2 is 1.62 bits per heavy atom. The third kappa shape index (κ3) is 2.34. The van der Waals surface area contributed by atoms with Gasteiger partial charge in [-0.3, -0.25) is 0 Å². The Kier molecular flexibility index (Phi) is 3.03. The van der Waals surface area contributed by atoms with Gasteiger partial charge in [-0.15, -0.1) is 0 Å². The van der Waals surface area contributed by atoms with E-state index >= 15 is 0 Å². The second-order valence-corrected chi connectivity index (χ2v) is 3.76. The van der Waals surface area contributed by atoms with Crippen molar-refractivity contribution in [3.05, 3.63) is 24.4 Å². The molecule has 0 aromatic heterocycles. The fourth-order valence-corrected chi connectivity index (χ4v) is 1.98. The minimum absolute atomic E-state index is 1.05. The van der Waals surface area contributed by atoms with Crippen molar-refractivity contribution in [3.8, 4) is 0 Å². The smallest absolute Gasteiger partial charge is 0.0524 e. The highest BCUT2D eigenvalue weighted by Gasteiger charge is 2.13. The van der Waals surface area contributed by atoms with Gasteiger partial charge in [0.15, 0.2) is 0 Å².